The molecule has 0 radical (unpaired) electrons. The predicted molar refractivity (Wildman–Crippen MR) is 96.1 cm³/mol. The molecular formula is C14H13Cl2N5O4S. The lowest BCUT2D eigenvalue weighted by Gasteiger charge is -2.34. The summed E-state index contributed by atoms with van der Waals surface area (Å²) < 4.78 is 26.9. The highest BCUT2D eigenvalue weighted by molar-refractivity contribution is 7.89. The van der Waals surface area contributed by atoms with Gasteiger partial charge in [-0.25, -0.2) is 18.4 Å². The zero-order chi connectivity index (χ0) is 18.9. The maximum atomic E-state index is 12.8. The topological polar surface area (TPSA) is 110 Å². The number of nitro groups is 1. The molecule has 0 amide bonds. The first-order valence-corrected chi connectivity index (χ1v) is 9.66. The summed E-state index contributed by atoms with van der Waals surface area (Å²) in [6, 6.07) is 4.46. The van der Waals surface area contributed by atoms with Crippen molar-refractivity contribution >= 4 is 44.9 Å². The highest BCUT2D eigenvalue weighted by Gasteiger charge is 2.31. The Labute approximate surface area is 159 Å². The molecule has 2 heterocycles. The maximum absolute atomic E-state index is 12.8. The quantitative estimate of drug-likeness (QED) is 0.553. The lowest BCUT2D eigenvalue weighted by Crippen LogP contribution is -2.49. The molecule has 1 aliphatic heterocycles. The van der Waals surface area contributed by atoms with Crippen LogP contribution in [0.1, 0.15) is 0 Å². The minimum absolute atomic E-state index is 0.00435. The molecule has 0 spiro atoms. The van der Waals surface area contributed by atoms with Crippen LogP contribution in [0.2, 0.25) is 10.0 Å². The van der Waals surface area contributed by atoms with E-state index in [1.54, 1.807) is 4.90 Å². The third-order valence-corrected chi connectivity index (χ3v) is 6.76. The van der Waals surface area contributed by atoms with Gasteiger partial charge in [-0.1, -0.05) is 29.3 Å². The molecule has 1 aromatic heterocycles. The summed E-state index contributed by atoms with van der Waals surface area (Å²) >= 11 is 11.9. The molecule has 26 heavy (non-hydrogen) atoms. The summed E-state index contributed by atoms with van der Waals surface area (Å²) in [6.07, 6.45) is 2.24. The van der Waals surface area contributed by atoms with E-state index in [4.69, 9.17) is 23.2 Å². The molecule has 0 unspecified atom stereocenters. The van der Waals surface area contributed by atoms with Gasteiger partial charge in [-0.3, -0.25) is 10.1 Å². The molecule has 0 aliphatic carbocycles. The average molecular weight is 418 g/mol. The molecule has 0 N–H and O–H groups in total. The van der Waals surface area contributed by atoms with Gasteiger partial charge in [0.15, 0.2) is 0 Å². The van der Waals surface area contributed by atoms with Crippen molar-refractivity contribution in [1.29, 1.82) is 0 Å². The van der Waals surface area contributed by atoms with Crippen LogP contribution in [0.4, 0.5) is 11.6 Å². The number of halogens is 2. The molecule has 2 aromatic rings. The summed E-state index contributed by atoms with van der Waals surface area (Å²) in [5.74, 6) is 0.313. The van der Waals surface area contributed by atoms with Gasteiger partial charge in [-0.05, 0) is 12.1 Å². The van der Waals surface area contributed by atoms with Crippen LogP contribution in [-0.4, -0.2) is 53.8 Å². The van der Waals surface area contributed by atoms with Crippen LogP contribution in [0.15, 0.2) is 35.5 Å². The van der Waals surface area contributed by atoms with Gasteiger partial charge in [0, 0.05) is 26.2 Å². The zero-order valence-electron chi connectivity index (χ0n) is 13.2. The van der Waals surface area contributed by atoms with Gasteiger partial charge in [-0.2, -0.15) is 4.31 Å². The molecule has 12 heteroatoms. The first kappa shape index (κ1) is 18.8. The van der Waals surface area contributed by atoms with Crippen molar-refractivity contribution < 1.29 is 13.3 Å². The second kappa shape index (κ2) is 7.31. The Kier molecular flexibility index (Phi) is 5.28. The van der Waals surface area contributed by atoms with E-state index in [0.29, 0.717) is 19.0 Å². The van der Waals surface area contributed by atoms with E-state index in [9.17, 15) is 18.5 Å². The van der Waals surface area contributed by atoms with E-state index >= 15 is 0 Å². The number of sulfonamides is 1. The summed E-state index contributed by atoms with van der Waals surface area (Å²) in [6.45, 7) is 1.08. The molecule has 1 fully saturated rings. The number of piperazine rings is 1. The van der Waals surface area contributed by atoms with Crippen LogP contribution in [0.5, 0.6) is 0 Å². The minimum Gasteiger partial charge on any atom is -0.338 e. The number of anilines is 1. The fourth-order valence-corrected chi connectivity index (χ4v) is 4.68. The van der Waals surface area contributed by atoms with Crippen LogP contribution < -0.4 is 4.90 Å². The van der Waals surface area contributed by atoms with E-state index in [0.717, 1.165) is 12.4 Å². The number of hydrogen-bond acceptors (Lipinski definition) is 7. The predicted octanol–water partition coefficient (Wildman–Crippen LogP) is 2.20. The maximum Gasteiger partial charge on any atom is 0.305 e. The minimum atomic E-state index is -3.78. The standard InChI is InChI=1S/C14H13Cl2N5O4S/c15-11-2-1-3-12(13(11)16)26(24,25)20-6-4-19(5-7-20)14-17-8-10(9-18-14)21(22)23/h1-3,8-9H,4-7H2. The Hall–Kier alpha value is -2.01. The lowest BCUT2D eigenvalue weighted by molar-refractivity contribution is -0.385. The second-order valence-electron chi connectivity index (χ2n) is 5.44. The fourth-order valence-electron chi connectivity index (χ4n) is 2.52. The van der Waals surface area contributed by atoms with Crippen molar-refractivity contribution in [3.05, 3.63) is 50.8 Å². The summed E-state index contributed by atoms with van der Waals surface area (Å²) in [5.41, 5.74) is -0.203. The van der Waals surface area contributed by atoms with Crippen LogP contribution >= 0.6 is 23.2 Å². The van der Waals surface area contributed by atoms with Crippen molar-refractivity contribution in [2.75, 3.05) is 31.1 Å². The molecule has 3 rings (SSSR count). The third kappa shape index (κ3) is 3.58. The van der Waals surface area contributed by atoms with Crippen molar-refractivity contribution in [2.24, 2.45) is 0 Å². The largest absolute Gasteiger partial charge is 0.338 e. The summed E-state index contributed by atoms with van der Waals surface area (Å²) in [7, 11) is -3.78. The third-order valence-electron chi connectivity index (χ3n) is 3.89. The first-order valence-electron chi connectivity index (χ1n) is 7.46. The van der Waals surface area contributed by atoms with Gasteiger partial charge in [0.25, 0.3) is 0 Å². The number of aromatic nitrogens is 2. The first-order chi connectivity index (χ1) is 12.3. The molecule has 0 bridgehead atoms. The molecule has 138 valence electrons. The Morgan fingerprint density at radius 3 is 2.27 bits per heavy atom. The molecule has 1 saturated heterocycles. The summed E-state index contributed by atoms with van der Waals surface area (Å²) in [4.78, 5) is 19.7. The zero-order valence-corrected chi connectivity index (χ0v) is 15.6. The smallest absolute Gasteiger partial charge is 0.305 e. The molecular weight excluding hydrogens is 405 g/mol. The number of hydrogen-bond donors (Lipinski definition) is 0. The van der Waals surface area contributed by atoms with E-state index in [-0.39, 0.29) is 33.7 Å². The lowest BCUT2D eigenvalue weighted by atomic mass is 10.4. The number of nitrogens with zero attached hydrogens (tertiary/aromatic N) is 5. The van der Waals surface area contributed by atoms with Crippen molar-refractivity contribution in [1.82, 2.24) is 14.3 Å². The fraction of sp³-hybridized carbons (Fsp3) is 0.286. The SMILES string of the molecule is O=[N+]([O-])c1cnc(N2CCN(S(=O)(=O)c3cccc(Cl)c3Cl)CC2)nc1. The van der Waals surface area contributed by atoms with E-state index < -0.39 is 14.9 Å². The highest BCUT2D eigenvalue weighted by atomic mass is 35.5. The molecule has 1 aliphatic rings. The highest BCUT2D eigenvalue weighted by Crippen LogP contribution is 2.31. The molecule has 0 saturated carbocycles. The van der Waals surface area contributed by atoms with Crippen molar-refractivity contribution in [2.45, 2.75) is 4.90 Å². The van der Waals surface area contributed by atoms with Crippen LogP contribution in [0.25, 0.3) is 0 Å². The molecule has 1 aromatic carbocycles. The van der Waals surface area contributed by atoms with Crippen molar-refractivity contribution in [3.8, 4) is 0 Å². The Morgan fingerprint density at radius 1 is 1.08 bits per heavy atom. The Morgan fingerprint density at radius 2 is 1.69 bits per heavy atom. The van der Waals surface area contributed by atoms with Crippen molar-refractivity contribution in [3.63, 3.8) is 0 Å². The van der Waals surface area contributed by atoms with E-state index in [2.05, 4.69) is 9.97 Å². The molecule has 9 nitrogen and oxygen atoms in total. The Balaban J connectivity index is 1.73. The second-order valence-corrected chi connectivity index (χ2v) is 8.13. The van der Waals surface area contributed by atoms with Gasteiger partial charge < -0.3 is 4.90 Å². The van der Waals surface area contributed by atoms with Gasteiger partial charge in [-0.15, -0.1) is 0 Å². The van der Waals surface area contributed by atoms with E-state index in [1.165, 1.54) is 22.5 Å². The average Bonchev–Trinajstić information content (AvgIpc) is 2.64. The number of rotatable bonds is 4. The molecule has 0 atom stereocenters. The van der Waals surface area contributed by atoms with Gasteiger partial charge in [0.2, 0.25) is 16.0 Å². The van der Waals surface area contributed by atoms with Gasteiger partial charge >= 0.3 is 5.69 Å². The van der Waals surface area contributed by atoms with Gasteiger partial charge in [0.05, 0.1) is 15.0 Å². The summed E-state index contributed by atoms with van der Waals surface area (Å²) in [5, 5.41) is 10.8. The van der Waals surface area contributed by atoms with Crippen LogP contribution in [-0.2, 0) is 10.0 Å². The normalized spacial score (nSPS) is 15.8. The Bertz CT molecular complexity index is 931. The van der Waals surface area contributed by atoms with E-state index in [1.807, 2.05) is 0 Å². The van der Waals surface area contributed by atoms with Gasteiger partial charge in [0.1, 0.15) is 17.3 Å². The van der Waals surface area contributed by atoms with Crippen LogP contribution in [0.3, 0.4) is 0 Å². The monoisotopic (exact) mass is 417 g/mol. The number of benzene rings is 1. The van der Waals surface area contributed by atoms with Crippen LogP contribution in [0, 0.1) is 10.1 Å².